The summed E-state index contributed by atoms with van der Waals surface area (Å²) in [6.45, 7) is -1.38. The summed E-state index contributed by atoms with van der Waals surface area (Å²) in [6.07, 6.45) is -1.19. The molecule has 0 spiro atoms. The molecular weight excluding hydrogens is 323 g/mol. The van der Waals surface area contributed by atoms with Crippen molar-refractivity contribution in [2.75, 3.05) is 11.9 Å². The van der Waals surface area contributed by atoms with Gasteiger partial charge < -0.3 is 16.4 Å². The summed E-state index contributed by atoms with van der Waals surface area (Å²) in [5, 5.41) is 4.54. The Morgan fingerprint density at radius 2 is 1.83 bits per heavy atom. The second kappa shape index (κ2) is 7.65. The number of halogens is 3. The molecule has 0 saturated heterocycles. The van der Waals surface area contributed by atoms with Crippen molar-refractivity contribution in [3.8, 4) is 0 Å². The number of benzene rings is 1. The molecule has 2 rings (SSSR count). The number of carbonyl (C=O) groups excluding carboxylic acids is 2. The van der Waals surface area contributed by atoms with E-state index < -0.39 is 18.6 Å². The van der Waals surface area contributed by atoms with Gasteiger partial charge in [-0.25, -0.2) is 0 Å². The van der Waals surface area contributed by atoms with Gasteiger partial charge in [0.25, 0.3) is 5.91 Å². The van der Waals surface area contributed by atoms with Crippen LogP contribution >= 0.6 is 0 Å². The molecule has 5 nitrogen and oxygen atoms in total. The number of carbonyl (C=O) groups is 2. The third kappa shape index (κ3) is 5.52. The van der Waals surface area contributed by atoms with E-state index in [1.807, 2.05) is 0 Å². The Morgan fingerprint density at radius 1 is 1.17 bits per heavy atom. The lowest BCUT2D eigenvalue weighted by Gasteiger charge is -2.25. The molecule has 0 heterocycles. The SMILES string of the molecule is NC1CCCC(C(=O)Nc2ccc(C(=O)NCC(F)(F)F)cc2)C1. The molecule has 1 fully saturated rings. The summed E-state index contributed by atoms with van der Waals surface area (Å²) in [5.74, 6) is -1.08. The molecule has 132 valence electrons. The monoisotopic (exact) mass is 343 g/mol. The van der Waals surface area contributed by atoms with E-state index in [4.69, 9.17) is 5.73 Å². The van der Waals surface area contributed by atoms with Gasteiger partial charge in [0.1, 0.15) is 6.54 Å². The van der Waals surface area contributed by atoms with E-state index in [9.17, 15) is 22.8 Å². The van der Waals surface area contributed by atoms with Gasteiger partial charge in [0, 0.05) is 23.2 Å². The largest absolute Gasteiger partial charge is 0.405 e. The molecule has 0 bridgehead atoms. The lowest BCUT2D eigenvalue weighted by atomic mass is 9.85. The van der Waals surface area contributed by atoms with Gasteiger partial charge in [-0.1, -0.05) is 6.42 Å². The van der Waals surface area contributed by atoms with Crippen LogP contribution in [0, 0.1) is 5.92 Å². The molecule has 2 unspecified atom stereocenters. The van der Waals surface area contributed by atoms with Crippen LogP contribution in [0.5, 0.6) is 0 Å². The van der Waals surface area contributed by atoms with Crippen molar-refractivity contribution < 1.29 is 22.8 Å². The van der Waals surface area contributed by atoms with E-state index in [2.05, 4.69) is 5.32 Å². The minimum Gasteiger partial charge on any atom is -0.343 e. The molecular formula is C16H20F3N3O2. The number of hydrogen-bond acceptors (Lipinski definition) is 3. The van der Waals surface area contributed by atoms with Crippen molar-refractivity contribution in [1.29, 1.82) is 0 Å². The Labute approximate surface area is 137 Å². The highest BCUT2D eigenvalue weighted by Crippen LogP contribution is 2.24. The van der Waals surface area contributed by atoms with E-state index in [1.54, 1.807) is 5.32 Å². The Bertz CT molecular complexity index is 587. The van der Waals surface area contributed by atoms with Crippen molar-refractivity contribution in [2.45, 2.75) is 37.9 Å². The average molecular weight is 343 g/mol. The Kier molecular flexibility index (Phi) is 5.82. The zero-order valence-electron chi connectivity index (χ0n) is 13.0. The molecule has 8 heteroatoms. The quantitative estimate of drug-likeness (QED) is 0.785. The Hall–Kier alpha value is -2.09. The third-order valence-corrected chi connectivity index (χ3v) is 3.95. The number of nitrogens with one attached hydrogen (secondary N) is 2. The summed E-state index contributed by atoms with van der Waals surface area (Å²) < 4.78 is 36.2. The van der Waals surface area contributed by atoms with Crippen LogP contribution in [0.1, 0.15) is 36.0 Å². The molecule has 1 aromatic carbocycles. The van der Waals surface area contributed by atoms with Crippen LogP contribution in [0.3, 0.4) is 0 Å². The van der Waals surface area contributed by atoms with Crippen molar-refractivity contribution >= 4 is 17.5 Å². The van der Waals surface area contributed by atoms with Gasteiger partial charge in [-0.3, -0.25) is 9.59 Å². The zero-order valence-corrected chi connectivity index (χ0v) is 13.0. The van der Waals surface area contributed by atoms with Crippen LogP contribution in [0.15, 0.2) is 24.3 Å². The number of nitrogens with two attached hydrogens (primary N) is 1. The van der Waals surface area contributed by atoms with E-state index in [0.717, 1.165) is 19.3 Å². The van der Waals surface area contributed by atoms with Gasteiger partial charge in [-0.2, -0.15) is 13.2 Å². The van der Waals surface area contributed by atoms with E-state index >= 15 is 0 Å². The molecule has 1 aromatic rings. The maximum absolute atomic E-state index is 12.2. The highest BCUT2D eigenvalue weighted by Gasteiger charge is 2.28. The van der Waals surface area contributed by atoms with Gasteiger partial charge in [0.15, 0.2) is 0 Å². The number of alkyl halides is 3. The molecule has 1 aliphatic rings. The normalized spacial score (nSPS) is 21.2. The topological polar surface area (TPSA) is 84.2 Å². The first kappa shape index (κ1) is 18.3. The highest BCUT2D eigenvalue weighted by atomic mass is 19.4. The molecule has 24 heavy (non-hydrogen) atoms. The molecule has 0 radical (unpaired) electrons. The predicted octanol–water partition coefficient (Wildman–Crippen LogP) is 2.43. The average Bonchev–Trinajstić information content (AvgIpc) is 2.52. The van der Waals surface area contributed by atoms with Gasteiger partial charge in [-0.15, -0.1) is 0 Å². The maximum Gasteiger partial charge on any atom is 0.405 e. The van der Waals surface area contributed by atoms with Gasteiger partial charge >= 0.3 is 6.18 Å². The third-order valence-electron chi connectivity index (χ3n) is 3.95. The predicted molar refractivity (Wildman–Crippen MR) is 83.4 cm³/mol. The minimum absolute atomic E-state index is 0.0363. The van der Waals surface area contributed by atoms with E-state index in [0.29, 0.717) is 12.1 Å². The first-order valence-electron chi connectivity index (χ1n) is 7.76. The summed E-state index contributed by atoms with van der Waals surface area (Å²) >= 11 is 0. The molecule has 4 N–H and O–H groups in total. The van der Waals surface area contributed by atoms with Crippen molar-refractivity contribution in [3.05, 3.63) is 29.8 Å². The van der Waals surface area contributed by atoms with Gasteiger partial charge in [0.05, 0.1) is 0 Å². The molecule has 0 aromatic heterocycles. The fraction of sp³-hybridized carbons (Fsp3) is 0.500. The summed E-state index contributed by atoms with van der Waals surface area (Å²) in [7, 11) is 0. The van der Waals surface area contributed by atoms with E-state index in [-0.39, 0.29) is 23.4 Å². The fourth-order valence-electron chi connectivity index (χ4n) is 2.70. The molecule has 1 saturated carbocycles. The number of amides is 2. The van der Waals surface area contributed by atoms with Crippen molar-refractivity contribution in [1.82, 2.24) is 5.32 Å². The zero-order chi connectivity index (χ0) is 17.7. The minimum atomic E-state index is -4.45. The first-order valence-corrected chi connectivity index (χ1v) is 7.76. The molecule has 1 aliphatic carbocycles. The Morgan fingerprint density at radius 3 is 2.42 bits per heavy atom. The first-order chi connectivity index (χ1) is 11.2. The summed E-state index contributed by atoms with van der Waals surface area (Å²) in [4.78, 5) is 23.8. The maximum atomic E-state index is 12.2. The van der Waals surface area contributed by atoms with Crippen LogP contribution in [-0.2, 0) is 4.79 Å². The van der Waals surface area contributed by atoms with Crippen LogP contribution < -0.4 is 16.4 Å². The smallest absolute Gasteiger partial charge is 0.343 e. The summed E-state index contributed by atoms with van der Waals surface area (Å²) in [5.41, 5.74) is 6.45. The second-order valence-electron chi connectivity index (χ2n) is 5.99. The number of rotatable bonds is 4. The standard InChI is InChI=1S/C16H20F3N3O2/c17-16(18,19)9-21-14(23)10-4-6-13(7-5-10)22-15(24)11-2-1-3-12(20)8-11/h4-7,11-12H,1-3,8-9,20H2,(H,21,23)(H,22,24). The van der Waals surface area contributed by atoms with Gasteiger partial charge in [0.2, 0.25) is 5.91 Å². The molecule has 2 atom stereocenters. The molecule has 0 aliphatic heterocycles. The van der Waals surface area contributed by atoms with Crippen molar-refractivity contribution in [2.24, 2.45) is 11.7 Å². The van der Waals surface area contributed by atoms with E-state index in [1.165, 1.54) is 24.3 Å². The van der Waals surface area contributed by atoms with Crippen molar-refractivity contribution in [3.63, 3.8) is 0 Å². The second-order valence-corrected chi connectivity index (χ2v) is 5.99. The van der Waals surface area contributed by atoms with Gasteiger partial charge in [-0.05, 0) is 43.5 Å². The van der Waals surface area contributed by atoms with Crippen LogP contribution in [-0.4, -0.2) is 30.6 Å². The van der Waals surface area contributed by atoms with Crippen LogP contribution in [0.4, 0.5) is 18.9 Å². The lowest BCUT2D eigenvalue weighted by molar-refractivity contribution is -0.123. The molecule has 2 amide bonds. The highest BCUT2D eigenvalue weighted by molar-refractivity contribution is 5.96. The van der Waals surface area contributed by atoms with Crippen LogP contribution in [0.2, 0.25) is 0 Å². The number of hydrogen-bond donors (Lipinski definition) is 3. The number of anilines is 1. The lowest BCUT2D eigenvalue weighted by Crippen LogP contribution is -2.34. The fourth-order valence-corrected chi connectivity index (χ4v) is 2.70. The Balaban J connectivity index is 1.89. The van der Waals surface area contributed by atoms with Crippen LogP contribution in [0.25, 0.3) is 0 Å². The summed E-state index contributed by atoms with van der Waals surface area (Å²) in [6, 6.07) is 5.75.